The molecule has 2 N–H and O–H groups in total. The number of aromatic nitrogens is 1. The summed E-state index contributed by atoms with van der Waals surface area (Å²) in [5, 5.41) is 10.7. The Labute approximate surface area is 151 Å². The first-order valence-electron chi connectivity index (χ1n) is 7.86. The van der Waals surface area contributed by atoms with E-state index in [0.717, 1.165) is 22.7 Å². The maximum atomic E-state index is 12.6. The molecule has 3 aromatic rings. The molecule has 0 atom stereocenters. The summed E-state index contributed by atoms with van der Waals surface area (Å²) in [4.78, 5) is 12.6. The number of aryl methyl sites for hydroxylation is 2. The maximum absolute atomic E-state index is 12.6. The fourth-order valence-corrected chi connectivity index (χ4v) is 2.63. The lowest BCUT2D eigenvalue weighted by molar-refractivity contribution is 0.102. The number of amides is 1. The lowest BCUT2D eigenvalue weighted by atomic mass is 10.1. The van der Waals surface area contributed by atoms with Crippen LogP contribution in [0.1, 0.15) is 27.4 Å². The van der Waals surface area contributed by atoms with Gasteiger partial charge in [0.1, 0.15) is 5.76 Å². The van der Waals surface area contributed by atoms with Crippen molar-refractivity contribution in [1.82, 2.24) is 5.16 Å². The van der Waals surface area contributed by atoms with Gasteiger partial charge in [0.25, 0.3) is 5.91 Å². The minimum atomic E-state index is -0.191. The fourth-order valence-electron chi connectivity index (χ4n) is 2.50. The highest BCUT2D eigenvalue weighted by atomic mass is 35.5. The number of carbonyl (C=O) groups excluding carboxylic acids is 1. The first-order valence-corrected chi connectivity index (χ1v) is 8.24. The van der Waals surface area contributed by atoms with Crippen LogP contribution in [0.2, 0.25) is 5.02 Å². The molecule has 0 saturated carbocycles. The molecule has 0 aliphatic carbocycles. The Morgan fingerprint density at radius 3 is 2.52 bits per heavy atom. The summed E-state index contributed by atoms with van der Waals surface area (Å²) in [6.45, 7) is 4.30. The van der Waals surface area contributed by atoms with Gasteiger partial charge in [0, 0.05) is 28.5 Å². The van der Waals surface area contributed by atoms with Crippen molar-refractivity contribution >= 4 is 28.9 Å². The molecular formula is C19H18ClN3O2. The number of nitrogens with one attached hydrogen (secondary N) is 2. The zero-order valence-corrected chi connectivity index (χ0v) is 14.7. The molecule has 3 rings (SSSR count). The third kappa shape index (κ3) is 4.00. The third-order valence-electron chi connectivity index (χ3n) is 3.91. The van der Waals surface area contributed by atoms with Crippen molar-refractivity contribution in [3.05, 3.63) is 76.1 Å². The van der Waals surface area contributed by atoms with Gasteiger partial charge in [-0.25, -0.2) is 0 Å². The molecule has 0 bridgehead atoms. The Kier molecular flexibility index (Phi) is 5.05. The van der Waals surface area contributed by atoms with Gasteiger partial charge in [0.05, 0.1) is 11.3 Å². The average molecular weight is 356 g/mol. The molecule has 0 aliphatic rings. The van der Waals surface area contributed by atoms with Gasteiger partial charge in [-0.3, -0.25) is 4.79 Å². The van der Waals surface area contributed by atoms with E-state index in [-0.39, 0.29) is 5.91 Å². The number of halogens is 1. The van der Waals surface area contributed by atoms with Gasteiger partial charge >= 0.3 is 0 Å². The molecule has 128 valence electrons. The van der Waals surface area contributed by atoms with Crippen LogP contribution in [0, 0.1) is 13.8 Å². The van der Waals surface area contributed by atoms with Crippen molar-refractivity contribution < 1.29 is 9.32 Å². The van der Waals surface area contributed by atoms with Gasteiger partial charge in [0.15, 0.2) is 0 Å². The number of para-hydroxylation sites is 1. The van der Waals surface area contributed by atoms with E-state index in [4.69, 9.17) is 16.1 Å². The molecule has 6 heteroatoms. The van der Waals surface area contributed by atoms with Crippen molar-refractivity contribution in [1.29, 1.82) is 0 Å². The van der Waals surface area contributed by atoms with E-state index in [2.05, 4.69) is 15.8 Å². The highest BCUT2D eigenvalue weighted by Crippen LogP contribution is 2.21. The van der Waals surface area contributed by atoms with Crippen LogP contribution in [-0.4, -0.2) is 11.1 Å². The highest BCUT2D eigenvalue weighted by Gasteiger charge is 2.13. The van der Waals surface area contributed by atoms with Gasteiger partial charge < -0.3 is 15.2 Å². The zero-order chi connectivity index (χ0) is 17.8. The van der Waals surface area contributed by atoms with Gasteiger partial charge in [0.2, 0.25) is 0 Å². The molecule has 0 unspecified atom stereocenters. The molecule has 2 aromatic carbocycles. The van der Waals surface area contributed by atoms with Gasteiger partial charge in [-0.05, 0) is 50.2 Å². The quantitative estimate of drug-likeness (QED) is 0.689. The van der Waals surface area contributed by atoms with Crippen LogP contribution in [0.15, 0.2) is 53.1 Å². The van der Waals surface area contributed by atoms with E-state index in [1.165, 1.54) is 0 Å². The molecule has 0 fully saturated rings. The molecule has 0 spiro atoms. The van der Waals surface area contributed by atoms with E-state index in [1.807, 2.05) is 32.0 Å². The Balaban J connectivity index is 1.76. The number of benzene rings is 2. The van der Waals surface area contributed by atoms with Gasteiger partial charge in [-0.1, -0.05) is 28.9 Å². The molecular weight excluding hydrogens is 338 g/mol. The minimum Gasteiger partial charge on any atom is -0.380 e. The minimum absolute atomic E-state index is 0.191. The highest BCUT2D eigenvalue weighted by molar-refractivity contribution is 6.30. The Hall–Kier alpha value is -2.79. The molecule has 0 radical (unpaired) electrons. The van der Waals surface area contributed by atoms with Crippen LogP contribution >= 0.6 is 11.6 Å². The first kappa shape index (κ1) is 17.0. The number of carbonyl (C=O) groups is 1. The number of nitrogens with zero attached hydrogens (tertiary/aromatic N) is 1. The van der Waals surface area contributed by atoms with Crippen molar-refractivity contribution in [2.75, 3.05) is 10.6 Å². The predicted molar refractivity (Wildman–Crippen MR) is 99.2 cm³/mol. The van der Waals surface area contributed by atoms with E-state index in [1.54, 1.807) is 30.3 Å². The van der Waals surface area contributed by atoms with Crippen LogP contribution in [-0.2, 0) is 6.54 Å². The van der Waals surface area contributed by atoms with Crippen molar-refractivity contribution in [2.24, 2.45) is 0 Å². The number of hydrogen-bond acceptors (Lipinski definition) is 4. The number of hydrogen-bond donors (Lipinski definition) is 2. The van der Waals surface area contributed by atoms with Crippen LogP contribution < -0.4 is 10.6 Å². The van der Waals surface area contributed by atoms with Crippen molar-refractivity contribution in [3.8, 4) is 0 Å². The topological polar surface area (TPSA) is 67.2 Å². The average Bonchev–Trinajstić information content (AvgIpc) is 2.93. The third-order valence-corrected chi connectivity index (χ3v) is 4.16. The summed E-state index contributed by atoms with van der Waals surface area (Å²) in [6, 6.07) is 14.4. The van der Waals surface area contributed by atoms with E-state index in [9.17, 15) is 4.79 Å². The number of rotatable bonds is 5. The molecule has 1 aromatic heterocycles. The Morgan fingerprint density at radius 1 is 1.12 bits per heavy atom. The van der Waals surface area contributed by atoms with Gasteiger partial charge in [-0.15, -0.1) is 0 Å². The summed E-state index contributed by atoms with van der Waals surface area (Å²) in [5.41, 5.74) is 3.83. The first-order chi connectivity index (χ1) is 12.0. The smallest absolute Gasteiger partial charge is 0.257 e. The summed E-state index contributed by atoms with van der Waals surface area (Å²) < 4.78 is 5.17. The second-order valence-electron chi connectivity index (χ2n) is 5.66. The predicted octanol–water partition coefficient (Wildman–Crippen LogP) is 4.81. The molecule has 1 heterocycles. The Morgan fingerprint density at radius 2 is 1.84 bits per heavy atom. The van der Waals surface area contributed by atoms with E-state index >= 15 is 0 Å². The zero-order valence-electron chi connectivity index (χ0n) is 14.0. The lowest BCUT2D eigenvalue weighted by Gasteiger charge is -2.12. The molecule has 5 nitrogen and oxygen atoms in total. The molecule has 25 heavy (non-hydrogen) atoms. The second-order valence-corrected chi connectivity index (χ2v) is 6.10. The summed E-state index contributed by atoms with van der Waals surface area (Å²) >= 11 is 5.87. The number of anilines is 2. The second kappa shape index (κ2) is 7.40. The van der Waals surface area contributed by atoms with Crippen molar-refractivity contribution in [3.63, 3.8) is 0 Å². The monoisotopic (exact) mass is 355 g/mol. The lowest BCUT2D eigenvalue weighted by Crippen LogP contribution is -2.15. The largest absolute Gasteiger partial charge is 0.380 e. The normalized spacial score (nSPS) is 10.5. The Bertz CT molecular complexity index is 868. The van der Waals surface area contributed by atoms with Crippen LogP contribution in [0.25, 0.3) is 0 Å². The molecule has 1 amide bonds. The summed E-state index contributed by atoms with van der Waals surface area (Å²) in [6.07, 6.45) is 0. The summed E-state index contributed by atoms with van der Waals surface area (Å²) in [5.74, 6) is 0.581. The SMILES string of the molecule is Cc1noc(C)c1CNc1ccccc1C(=O)Nc1ccc(Cl)cc1. The van der Waals surface area contributed by atoms with Gasteiger partial charge in [-0.2, -0.15) is 0 Å². The summed E-state index contributed by atoms with van der Waals surface area (Å²) in [7, 11) is 0. The molecule has 0 saturated heterocycles. The van der Waals surface area contributed by atoms with Crippen LogP contribution in [0.3, 0.4) is 0 Å². The fraction of sp³-hybridized carbons (Fsp3) is 0.158. The van der Waals surface area contributed by atoms with E-state index in [0.29, 0.717) is 22.8 Å². The maximum Gasteiger partial charge on any atom is 0.257 e. The molecule has 0 aliphatic heterocycles. The van der Waals surface area contributed by atoms with Crippen LogP contribution in [0.4, 0.5) is 11.4 Å². The van der Waals surface area contributed by atoms with Crippen LogP contribution in [0.5, 0.6) is 0 Å². The van der Waals surface area contributed by atoms with Crippen molar-refractivity contribution in [2.45, 2.75) is 20.4 Å². The standard InChI is InChI=1S/C19H18ClN3O2/c1-12-17(13(2)25-23-12)11-21-18-6-4-3-5-16(18)19(24)22-15-9-7-14(20)8-10-15/h3-10,21H,11H2,1-2H3,(H,22,24). The van der Waals surface area contributed by atoms with E-state index < -0.39 is 0 Å².